The van der Waals surface area contributed by atoms with Crippen LogP contribution in [0.2, 0.25) is 0 Å². The number of carboxylic acids is 3. The van der Waals surface area contributed by atoms with Gasteiger partial charge in [-0.15, -0.1) is 0 Å². The third kappa shape index (κ3) is 17.6. The zero-order valence-corrected chi connectivity index (χ0v) is 7.27. The number of aliphatic hydroxyl groups is 3. The number of hydrogen-bond acceptors (Lipinski definition) is 6. The molecule has 0 aromatic rings. The van der Waals surface area contributed by atoms with E-state index in [4.69, 9.17) is 35.4 Å². The van der Waals surface area contributed by atoms with Crippen molar-refractivity contribution in [1.82, 2.24) is 0 Å². The van der Waals surface area contributed by atoms with Crippen LogP contribution >= 0.6 is 0 Å². The summed E-state index contributed by atoms with van der Waals surface area (Å²) in [6, 6.07) is 0. The molecule has 6 N–H and O–H groups in total. The van der Waals surface area contributed by atoms with Gasteiger partial charge in [-0.2, -0.15) is 0 Å². The molecule has 0 saturated heterocycles. The minimum absolute atomic E-state index is 0. The van der Waals surface area contributed by atoms with Gasteiger partial charge in [0.2, 0.25) is 0 Å². The van der Waals surface area contributed by atoms with Crippen molar-refractivity contribution in [1.29, 1.82) is 0 Å². The van der Waals surface area contributed by atoms with Crippen LogP contribution in [0.3, 0.4) is 0 Å². The Morgan fingerprint density at radius 3 is 1.06 bits per heavy atom. The van der Waals surface area contributed by atoms with Gasteiger partial charge in [0.15, 0.2) is 12.2 Å². The molecule has 0 fully saturated rings. The third-order valence-corrected chi connectivity index (χ3v) is 0.940. The number of carbonyl (C=O) groups is 3. The van der Waals surface area contributed by atoms with Gasteiger partial charge in [-0.1, -0.05) is 0 Å². The van der Waals surface area contributed by atoms with Crippen LogP contribution in [0.25, 0.3) is 0 Å². The Bertz CT molecular complexity index is 226. The van der Waals surface area contributed by atoms with E-state index < -0.39 is 36.7 Å². The van der Waals surface area contributed by atoms with E-state index in [0.29, 0.717) is 0 Å². The summed E-state index contributed by atoms with van der Waals surface area (Å²) in [4.78, 5) is 28.7. The van der Waals surface area contributed by atoms with Crippen molar-refractivity contribution < 1.29 is 45.0 Å². The topological polar surface area (TPSA) is 173 Å². The Hall–Kier alpha value is 1.56. The summed E-state index contributed by atoms with van der Waals surface area (Å²) in [5, 5.41) is 47.5. The average molecular weight is 306 g/mol. The number of aliphatic carboxylic acids is 3. The van der Waals surface area contributed by atoms with Crippen LogP contribution in [0.4, 0.5) is 0 Å². The molecule has 0 aliphatic heterocycles. The van der Waals surface area contributed by atoms with Crippen LogP contribution < -0.4 is 0 Å². The molecular formula is C6H12K2O9. The molecule has 0 saturated carbocycles. The van der Waals surface area contributed by atoms with Crippen molar-refractivity contribution in [2.75, 3.05) is 6.61 Å². The zero-order chi connectivity index (χ0) is 12.6. The summed E-state index contributed by atoms with van der Waals surface area (Å²) >= 11 is 0. The number of carboxylic acid groups (broad SMARTS) is 3. The van der Waals surface area contributed by atoms with Gasteiger partial charge < -0.3 is 30.6 Å². The van der Waals surface area contributed by atoms with Crippen molar-refractivity contribution in [3.8, 4) is 0 Å². The van der Waals surface area contributed by atoms with Crippen molar-refractivity contribution in [3.63, 3.8) is 0 Å². The van der Waals surface area contributed by atoms with Gasteiger partial charge in [0, 0.05) is 0 Å². The zero-order valence-electron chi connectivity index (χ0n) is 7.27. The molecule has 0 radical (unpaired) electrons. The molecule has 0 aromatic heterocycles. The molecule has 0 spiro atoms. The van der Waals surface area contributed by atoms with Gasteiger partial charge in [0.25, 0.3) is 0 Å². The Labute approximate surface area is 181 Å². The van der Waals surface area contributed by atoms with E-state index in [0.717, 1.165) is 0 Å². The van der Waals surface area contributed by atoms with Crippen LogP contribution in [-0.2, 0) is 14.4 Å². The molecule has 0 amide bonds. The van der Waals surface area contributed by atoms with Crippen LogP contribution in [0, 0.1) is 0 Å². The van der Waals surface area contributed by atoms with Gasteiger partial charge in [-0.25, -0.2) is 14.4 Å². The van der Waals surface area contributed by atoms with E-state index in [-0.39, 0.29) is 103 Å². The van der Waals surface area contributed by atoms with Gasteiger partial charge in [-0.05, 0) is 0 Å². The summed E-state index contributed by atoms with van der Waals surface area (Å²) in [5.41, 5.74) is 0. The molecule has 0 heterocycles. The molecular weight excluding hydrogens is 294 g/mol. The SMILES string of the molecule is O=C(O)C(O)C(O)C(=O)O.O=C(O)CO.[KH].[KH]. The molecule has 0 aliphatic rings. The van der Waals surface area contributed by atoms with E-state index >= 15 is 0 Å². The fourth-order valence-electron chi connectivity index (χ4n) is 0.270. The fraction of sp³-hybridized carbons (Fsp3) is 0.500. The van der Waals surface area contributed by atoms with Crippen molar-refractivity contribution in [2.45, 2.75) is 12.2 Å². The van der Waals surface area contributed by atoms with Crippen molar-refractivity contribution in [3.05, 3.63) is 0 Å². The second kappa shape index (κ2) is 15.6. The number of rotatable bonds is 4. The molecule has 0 rings (SSSR count). The molecule has 2 unspecified atom stereocenters. The fourth-order valence-corrected chi connectivity index (χ4v) is 0.270. The van der Waals surface area contributed by atoms with E-state index in [1.807, 2.05) is 0 Å². The first kappa shape index (κ1) is 27.0. The predicted octanol–water partition coefficient (Wildman–Crippen LogP) is -4.36. The minimum atomic E-state index is -2.27. The Morgan fingerprint density at radius 1 is 0.824 bits per heavy atom. The second-order valence-corrected chi connectivity index (χ2v) is 2.12. The summed E-state index contributed by atoms with van der Waals surface area (Å²) in [6.07, 6.45) is -4.53. The van der Waals surface area contributed by atoms with Crippen molar-refractivity contribution in [2.24, 2.45) is 0 Å². The number of aliphatic hydroxyl groups excluding tert-OH is 3. The van der Waals surface area contributed by atoms with Crippen molar-refractivity contribution >= 4 is 121 Å². The maximum atomic E-state index is 9.77. The first-order valence-corrected chi connectivity index (χ1v) is 3.38. The monoisotopic (exact) mass is 306 g/mol. The predicted molar refractivity (Wildman–Crippen MR) is 56.3 cm³/mol. The summed E-state index contributed by atoms with van der Waals surface area (Å²) in [6.45, 7) is -0.778. The van der Waals surface area contributed by atoms with Gasteiger partial charge in [0.1, 0.15) is 6.61 Å². The van der Waals surface area contributed by atoms with E-state index in [9.17, 15) is 9.59 Å². The van der Waals surface area contributed by atoms with Gasteiger partial charge >= 0.3 is 121 Å². The molecule has 9 nitrogen and oxygen atoms in total. The summed E-state index contributed by atoms with van der Waals surface area (Å²) < 4.78 is 0. The normalized spacial score (nSPS) is 11.5. The van der Waals surface area contributed by atoms with Crippen LogP contribution in [-0.4, -0.2) is 170 Å². The van der Waals surface area contributed by atoms with E-state index in [1.165, 1.54) is 0 Å². The standard InChI is InChI=1S/C4H6O6.C2H4O3.2K.2H/c5-1(3(7)8)2(6)4(9)10;3-1-2(4)5;;;;/h1-2,5-6H,(H,7,8)(H,9,10);3H,1H2,(H,4,5);;;;. The van der Waals surface area contributed by atoms with E-state index in [1.54, 1.807) is 0 Å². The van der Waals surface area contributed by atoms with E-state index in [2.05, 4.69) is 0 Å². The Morgan fingerprint density at radius 2 is 1.00 bits per heavy atom. The number of hydrogen-bond donors (Lipinski definition) is 6. The molecule has 17 heavy (non-hydrogen) atoms. The summed E-state index contributed by atoms with van der Waals surface area (Å²) in [5.74, 6) is -4.73. The Balaban J connectivity index is -0.000000105. The first-order chi connectivity index (χ1) is 6.73. The van der Waals surface area contributed by atoms with Crippen LogP contribution in [0.5, 0.6) is 0 Å². The van der Waals surface area contributed by atoms with Gasteiger partial charge in [0.05, 0.1) is 0 Å². The quantitative estimate of drug-likeness (QED) is 0.280. The first-order valence-electron chi connectivity index (χ1n) is 3.38. The molecule has 0 bridgehead atoms. The second-order valence-electron chi connectivity index (χ2n) is 2.12. The molecule has 0 aliphatic carbocycles. The Kier molecular flexibility index (Phi) is 24.8. The molecule has 92 valence electrons. The molecule has 0 aromatic carbocycles. The molecule has 2 atom stereocenters. The maximum absolute atomic E-state index is 9.77. The summed E-state index contributed by atoms with van der Waals surface area (Å²) in [7, 11) is 0. The average Bonchev–Trinajstić information content (AvgIpc) is 2.16. The van der Waals surface area contributed by atoms with Crippen LogP contribution in [0.1, 0.15) is 0 Å². The van der Waals surface area contributed by atoms with Crippen LogP contribution in [0.15, 0.2) is 0 Å². The third-order valence-electron chi connectivity index (χ3n) is 0.940. The molecule has 11 heteroatoms. The van der Waals surface area contributed by atoms with Gasteiger partial charge in [-0.3, -0.25) is 0 Å².